The molecule has 2 aromatic rings. The summed E-state index contributed by atoms with van der Waals surface area (Å²) in [6.07, 6.45) is 0.305. The number of nitro groups is 1. The number of anilines is 1. The molecule has 0 aliphatic carbocycles. The van der Waals surface area contributed by atoms with Crippen molar-refractivity contribution >= 4 is 40.6 Å². The van der Waals surface area contributed by atoms with E-state index in [1.54, 1.807) is 31.2 Å². The topological polar surface area (TPSA) is 116 Å². The van der Waals surface area contributed by atoms with Crippen LogP contribution in [0.3, 0.4) is 0 Å². The number of Topliss-reactive ketones (excluding diaryl/α,β-unsaturated/α-hetero) is 1. The zero-order valence-electron chi connectivity index (χ0n) is 15.6. The fourth-order valence-corrected chi connectivity index (χ4v) is 2.65. The number of ether oxygens (including phenoxy) is 1. The van der Waals surface area contributed by atoms with Gasteiger partial charge in [0.15, 0.2) is 6.61 Å². The van der Waals surface area contributed by atoms with E-state index in [0.29, 0.717) is 16.3 Å². The molecule has 0 aliphatic rings. The summed E-state index contributed by atoms with van der Waals surface area (Å²) in [7, 11) is 0. The van der Waals surface area contributed by atoms with Gasteiger partial charge in [-0.15, -0.1) is 0 Å². The molecule has 0 saturated carbocycles. The molecule has 1 N–H and O–H groups in total. The molecule has 8 nitrogen and oxygen atoms in total. The van der Waals surface area contributed by atoms with Gasteiger partial charge in [0, 0.05) is 40.7 Å². The Morgan fingerprint density at radius 1 is 1.14 bits per heavy atom. The average molecular weight is 419 g/mol. The van der Waals surface area contributed by atoms with Gasteiger partial charge in [-0.2, -0.15) is 0 Å². The molecule has 0 fully saturated rings. The Hall–Kier alpha value is -3.26. The van der Waals surface area contributed by atoms with Crippen LogP contribution in [0.1, 0.15) is 35.2 Å². The molecule has 2 rings (SSSR count). The Morgan fingerprint density at radius 2 is 1.90 bits per heavy atom. The lowest BCUT2D eigenvalue weighted by Gasteiger charge is -2.06. The highest BCUT2D eigenvalue weighted by Gasteiger charge is 2.16. The van der Waals surface area contributed by atoms with Crippen LogP contribution >= 0.6 is 11.6 Å². The Labute approximate surface area is 172 Å². The fraction of sp³-hybridized carbons (Fsp3) is 0.250. The Kier molecular flexibility index (Phi) is 7.85. The van der Waals surface area contributed by atoms with Crippen molar-refractivity contribution in [3.05, 3.63) is 68.7 Å². The molecule has 0 heterocycles. The lowest BCUT2D eigenvalue weighted by Crippen LogP contribution is -2.15. The van der Waals surface area contributed by atoms with Gasteiger partial charge in [0.25, 0.3) is 5.69 Å². The van der Waals surface area contributed by atoms with Gasteiger partial charge in [-0.05, 0) is 31.5 Å². The van der Waals surface area contributed by atoms with Gasteiger partial charge in [0.1, 0.15) is 0 Å². The van der Waals surface area contributed by atoms with E-state index in [1.165, 1.54) is 12.1 Å². The number of hydrogen-bond acceptors (Lipinski definition) is 6. The van der Waals surface area contributed by atoms with E-state index in [0.717, 1.165) is 6.07 Å². The van der Waals surface area contributed by atoms with Gasteiger partial charge < -0.3 is 10.1 Å². The zero-order chi connectivity index (χ0) is 21.4. The molecule has 0 saturated heterocycles. The van der Waals surface area contributed by atoms with E-state index in [4.69, 9.17) is 16.3 Å². The Bertz CT molecular complexity index is 944. The number of aryl methyl sites for hydroxylation is 1. The number of ketones is 1. The maximum Gasteiger partial charge on any atom is 0.306 e. The predicted molar refractivity (Wildman–Crippen MR) is 107 cm³/mol. The molecule has 9 heteroatoms. The van der Waals surface area contributed by atoms with Crippen LogP contribution in [0.2, 0.25) is 5.02 Å². The number of nitro benzene ring substituents is 1. The summed E-state index contributed by atoms with van der Waals surface area (Å²) < 4.78 is 4.90. The SMILES string of the molecule is Cc1ccc(C(=O)COC(=O)CCCC(=O)Nc2cccc(Cl)c2)cc1[N+](=O)[O-]. The summed E-state index contributed by atoms with van der Waals surface area (Å²) >= 11 is 5.84. The van der Waals surface area contributed by atoms with Crippen molar-refractivity contribution in [2.24, 2.45) is 0 Å². The van der Waals surface area contributed by atoms with Gasteiger partial charge in [0.2, 0.25) is 11.7 Å². The quantitative estimate of drug-likeness (QED) is 0.284. The lowest BCUT2D eigenvalue weighted by atomic mass is 10.1. The average Bonchev–Trinajstić information content (AvgIpc) is 2.66. The summed E-state index contributed by atoms with van der Waals surface area (Å²) in [6, 6.07) is 10.8. The molecule has 0 bridgehead atoms. The van der Waals surface area contributed by atoms with Crippen LogP contribution in [0.4, 0.5) is 11.4 Å². The molecule has 2 aromatic carbocycles. The Balaban J connectivity index is 1.74. The van der Waals surface area contributed by atoms with Gasteiger partial charge >= 0.3 is 5.97 Å². The number of rotatable bonds is 9. The van der Waals surface area contributed by atoms with Gasteiger partial charge in [-0.25, -0.2) is 0 Å². The summed E-state index contributed by atoms with van der Waals surface area (Å²) in [4.78, 5) is 46.1. The van der Waals surface area contributed by atoms with Gasteiger partial charge in [0.05, 0.1) is 4.92 Å². The number of halogens is 1. The molecule has 29 heavy (non-hydrogen) atoms. The number of amides is 1. The van der Waals surface area contributed by atoms with Crippen molar-refractivity contribution < 1.29 is 24.0 Å². The Morgan fingerprint density at radius 3 is 2.59 bits per heavy atom. The number of nitrogens with one attached hydrogen (secondary N) is 1. The van der Waals surface area contributed by atoms with Gasteiger partial charge in [-0.3, -0.25) is 24.5 Å². The minimum Gasteiger partial charge on any atom is -0.457 e. The summed E-state index contributed by atoms with van der Waals surface area (Å²) in [5, 5.41) is 14.1. The highest BCUT2D eigenvalue weighted by Crippen LogP contribution is 2.19. The van der Waals surface area contributed by atoms with Crippen LogP contribution in [0, 0.1) is 17.0 Å². The first kappa shape index (κ1) is 22.0. The number of hydrogen-bond donors (Lipinski definition) is 1. The van der Waals surface area contributed by atoms with Crippen LogP contribution in [-0.2, 0) is 14.3 Å². The number of esters is 1. The second-order valence-electron chi connectivity index (χ2n) is 6.25. The van der Waals surface area contributed by atoms with Crippen LogP contribution in [0.25, 0.3) is 0 Å². The molecule has 1 amide bonds. The maximum atomic E-state index is 12.1. The van der Waals surface area contributed by atoms with E-state index in [1.807, 2.05) is 0 Å². The second-order valence-corrected chi connectivity index (χ2v) is 6.69. The van der Waals surface area contributed by atoms with E-state index >= 15 is 0 Å². The first-order chi connectivity index (χ1) is 13.8. The van der Waals surface area contributed by atoms with Gasteiger partial charge in [-0.1, -0.05) is 29.8 Å². The normalized spacial score (nSPS) is 10.3. The van der Waals surface area contributed by atoms with Crippen LogP contribution in [0.15, 0.2) is 42.5 Å². The van der Waals surface area contributed by atoms with E-state index in [2.05, 4.69) is 5.32 Å². The van der Waals surface area contributed by atoms with Crippen molar-refractivity contribution in [2.45, 2.75) is 26.2 Å². The summed E-state index contributed by atoms with van der Waals surface area (Å²) in [6.45, 7) is 1.04. The molecule has 0 aliphatic heterocycles. The maximum absolute atomic E-state index is 12.1. The third-order valence-corrected chi connectivity index (χ3v) is 4.22. The third-order valence-electron chi connectivity index (χ3n) is 3.99. The molecule has 152 valence electrons. The van der Waals surface area contributed by atoms with Crippen molar-refractivity contribution in [2.75, 3.05) is 11.9 Å². The van der Waals surface area contributed by atoms with Crippen molar-refractivity contribution in [3.8, 4) is 0 Å². The molecular weight excluding hydrogens is 400 g/mol. The first-order valence-corrected chi connectivity index (χ1v) is 9.13. The lowest BCUT2D eigenvalue weighted by molar-refractivity contribution is -0.385. The van der Waals surface area contributed by atoms with Crippen molar-refractivity contribution in [3.63, 3.8) is 0 Å². The van der Waals surface area contributed by atoms with Crippen molar-refractivity contribution in [1.82, 2.24) is 0 Å². The molecule has 0 aromatic heterocycles. The van der Waals surface area contributed by atoms with E-state index in [-0.39, 0.29) is 36.4 Å². The molecule has 0 atom stereocenters. The third kappa shape index (κ3) is 7.00. The smallest absolute Gasteiger partial charge is 0.306 e. The highest BCUT2D eigenvalue weighted by molar-refractivity contribution is 6.30. The fourth-order valence-electron chi connectivity index (χ4n) is 2.46. The second kappa shape index (κ2) is 10.3. The summed E-state index contributed by atoms with van der Waals surface area (Å²) in [5.41, 5.74) is 0.909. The van der Waals surface area contributed by atoms with E-state index in [9.17, 15) is 24.5 Å². The minimum absolute atomic E-state index is 0.0374. The predicted octanol–water partition coefficient (Wildman–Crippen LogP) is 4.09. The summed E-state index contributed by atoms with van der Waals surface area (Å²) in [5.74, 6) is -1.45. The largest absolute Gasteiger partial charge is 0.457 e. The monoisotopic (exact) mass is 418 g/mol. The minimum atomic E-state index is -0.629. The number of carbonyl (C=O) groups excluding carboxylic acids is 3. The standard InChI is InChI=1S/C20H19ClN2O6/c1-13-8-9-14(10-17(13)23(27)28)18(24)12-29-20(26)7-3-6-19(25)22-16-5-2-4-15(21)11-16/h2,4-5,8-11H,3,6-7,12H2,1H3,(H,22,25). The number of carbonyl (C=O) groups is 3. The van der Waals surface area contributed by atoms with Crippen LogP contribution < -0.4 is 5.32 Å². The number of nitrogens with zero attached hydrogens (tertiary/aromatic N) is 1. The van der Waals surface area contributed by atoms with Crippen LogP contribution in [-0.4, -0.2) is 29.2 Å². The molecule has 0 radical (unpaired) electrons. The first-order valence-electron chi connectivity index (χ1n) is 8.75. The number of benzene rings is 2. The molecule has 0 spiro atoms. The van der Waals surface area contributed by atoms with E-state index < -0.39 is 23.3 Å². The van der Waals surface area contributed by atoms with Crippen molar-refractivity contribution in [1.29, 1.82) is 0 Å². The molecular formula is C20H19ClN2O6. The highest BCUT2D eigenvalue weighted by atomic mass is 35.5. The zero-order valence-corrected chi connectivity index (χ0v) is 16.4. The molecule has 0 unspecified atom stereocenters. The van der Waals surface area contributed by atoms with Crippen LogP contribution in [0.5, 0.6) is 0 Å².